The fourth-order valence-electron chi connectivity index (χ4n) is 1.34. The lowest BCUT2D eigenvalue weighted by atomic mass is 10.4. The Hall–Kier alpha value is -0.660. The number of rotatable bonds is 7. The molecule has 0 aromatic rings. The summed E-state index contributed by atoms with van der Waals surface area (Å²) in [6.45, 7) is 5.68. The Morgan fingerprint density at radius 3 is 2.19 bits per heavy atom. The highest BCUT2D eigenvalue weighted by molar-refractivity contribution is 7.86. The van der Waals surface area contributed by atoms with E-state index in [0.717, 1.165) is 4.31 Å². The van der Waals surface area contributed by atoms with Crippen molar-refractivity contribution >= 4 is 16.2 Å². The van der Waals surface area contributed by atoms with Gasteiger partial charge in [-0.25, -0.2) is 0 Å². The van der Waals surface area contributed by atoms with Gasteiger partial charge in [-0.3, -0.25) is 4.79 Å². The molecule has 0 saturated carbocycles. The predicted molar refractivity (Wildman–Crippen MR) is 61.3 cm³/mol. The van der Waals surface area contributed by atoms with E-state index in [1.165, 1.54) is 11.4 Å². The minimum atomic E-state index is -3.54. The first-order chi connectivity index (χ1) is 7.23. The van der Waals surface area contributed by atoms with Crippen LogP contribution in [0.25, 0.3) is 0 Å². The van der Waals surface area contributed by atoms with Crippen LogP contribution in [0.15, 0.2) is 0 Å². The third-order valence-corrected chi connectivity index (χ3v) is 4.46. The molecule has 0 atom stereocenters. The maximum atomic E-state index is 12.0. The molecule has 0 aromatic heterocycles. The molecule has 0 spiro atoms. The van der Waals surface area contributed by atoms with Crippen LogP contribution in [-0.4, -0.2) is 54.3 Å². The SMILES string of the molecule is CCN(C(C)C)S(=O)(=O)N(C)CCC(=O)O. The van der Waals surface area contributed by atoms with Gasteiger partial charge in [-0.2, -0.15) is 17.0 Å². The molecule has 0 heterocycles. The molecule has 0 aromatic carbocycles. The maximum absolute atomic E-state index is 12.0. The molecule has 0 amide bonds. The van der Waals surface area contributed by atoms with Crippen LogP contribution in [0.3, 0.4) is 0 Å². The van der Waals surface area contributed by atoms with Gasteiger partial charge in [-0.15, -0.1) is 0 Å². The molecule has 0 unspecified atom stereocenters. The Morgan fingerprint density at radius 2 is 1.88 bits per heavy atom. The van der Waals surface area contributed by atoms with Gasteiger partial charge >= 0.3 is 5.97 Å². The van der Waals surface area contributed by atoms with E-state index in [2.05, 4.69) is 0 Å². The van der Waals surface area contributed by atoms with E-state index >= 15 is 0 Å². The van der Waals surface area contributed by atoms with Crippen molar-refractivity contribution in [2.45, 2.75) is 33.2 Å². The van der Waals surface area contributed by atoms with E-state index < -0.39 is 16.2 Å². The van der Waals surface area contributed by atoms with E-state index in [-0.39, 0.29) is 19.0 Å². The molecule has 7 heteroatoms. The van der Waals surface area contributed by atoms with E-state index in [9.17, 15) is 13.2 Å². The summed E-state index contributed by atoms with van der Waals surface area (Å²) in [5.74, 6) is -1.00. The molecule has 16 heavy (non-hydrogen) atoms. The number of carbonyl (C=O) groups is 1. The molecular formula is C9H20N2O4S. The first-order valence-electron chi connectivity index (χ1n) is 5.18. The van der Waals surface area contributed by atoms with Gasteiger partial charge in [0.05, 0.1) is 6.42 Å². The van der Waals surface area contributed by atoms with Crippen LogP contribution in [0.1, 0.15) is 27.2 Å². The van der Waals surface area contributed by atoms with Crippen LogP contribution in [0.2, 0.25) is 0 Å². The number of carboxylic acid groups (broad SMARTS) is 1. The number of hydrogen-bond donors (Lipinski definition) is 1. The van der Waals surface area contributed by atoms with Crippen molar-refractivity contribution in [3.8, 4) is 0 Å². The average Bonchev–Trinajstić information content (AvgIpc) is 2.13. The Kier molecular flexibility index (Phi) is 5.91. The van der Waals surface area contributed by atoms with Gasteiger partial charge in [0.2, 0.25) is 0 Å². The van der Waals surface area contributed by atoms with Gasteiger partial charge < -0.3 is 5.11 Å². The fraction of sp³-hybridized carbons (Fsp3) is 0.889. The van der Waals surface area contributed by atoms with Crippen LogP contribution in [0.5, 0.6) is 0 Å². The van der Waals surface area contributed by atoms with Crippen molar-refractivity contribution in [3.63, 3.8) is 0 Å². The molecule has 6 nitrogen and oxygen atoms in total. The van der Waals surface area contributed by atoms with Crippen molar-refractivity contribution in [3.05, 3.63) is 0 Å². The highest BCUT2D eigenvalue weighted by Crippen LogP contribution is 2.10. The topological polar surface area (TPSA) is 77.9 Å². The monoisotopic (exact) mass is 252 g/mol. The number of carboxylic acids is 1. The normalized spacial score (nSPS) is 12.7. The molecule has 0 radical (unpaired) electrons. The zero-order chi connectivity index (χ0) is 12.9. The lowest BCUT2D eigenvalue weighted by Gasteiger charge is -2.29. The molecular weight excluding hydrogens is 232 g/mol. The Morgan fingerprint density at radius 1 is 1.38 bits per heavy atom. The van der Waals surface area contributed by atoms with Crippen LogP contribution >= 0.6 is 0 Å². The Labute approximate surface area is 97.0 Å². The summed E-state index contributed by atoms with van der Waals surface area (Å²) < 4.78 is 26.4. The van der Waals surface area contributed by atoms with Crippen LogP contribution in [0.4, 0.5) is 0 Å². The highest BCUT2D eigenvalue weighted by atomic mass is 32.2. The second kappa shape index (κ2) is 6.17. The van der Waals surface area contributed by atoms with Crippen molar-refractivity contribution in [1.29, 1.82) is 0 Å². The number of aliphatic carboxylic acids is 1. The lowest BCUT2D eigenvalue weighted by molar-refractivity contribution is -0.137. The smallest absolute Gasteiger partial charge is 0.304 e. The van der Waals surface area contributed by atoms with Crippen molar-refractivity contribution in [1.82, 2.24) is 8.61 Å². The molecule has 0 aliphatic carbocycles. The molecule has 0 fully saturated rings. The molecule has 96 valence electrons. The van der Waals surface area contributed by atoms with Gasteiger partial charge in [0.1, 0.15) is 0 Å². The summed E-state index contributed by atoms with van der Waals surface area (Å²) in [7, 11) is -2.15. The largest absolute Gasteiger partial charge is 0.481 e. The second-order valence-electron chi connectivity index (χ2n) is 3.77. The van der Waals surface area contributed by atoms with Crippen LogP contribution in [-0.2, 0) is 15.0 Å². The summed E-state index contributed by atoms with van der Waals surface area (Å²) in [6, 6.07) is -0.137. The third kappa shape index (κ3) is 4.07. The molecule has 0 aliphatic heterocycles. The third-order valence-electron chi connectivity index (χ3n) is 2.22. The second-order valence-corrected chi connectivity index (χ2v) is 5.76. The average molecular weight is 252 g/mol. The zero-order valence-electron chi connectivity index (χ0n) is 10.2. The summed E-state index contributed by atoms with van der Waals surface area (Å²) >= 11 is 0. The summed E-state index contributed by atoms with van der Waals surface area (Å²) in [5.41, 5.74) is 0. The first-order valence-corrected chi connectivity index (χ1v) is 6.58. The summed E-state index contributed by atoms with van der Waals surface area (Å²) in [5, 5.41) is 8.50. The lowest BCUT2D eigenvalue weighted by Crippen LogP contribution is -2.45. The fourth-order valence-corrected chi connectivity index (χ4v) is 2.88. The molecule has 1 N–H and O–H groups in total. The van der Waals surface area contributed by atoms with E-state index in [1.54, 1.807) is 20.8 Å². The van der Waals surface area contributed by atoms with E-state index in [4.69, 9.17) is 5.11 Å². The zero-order valence-corrected chi connectivity index (χ0v) is 11.0. The highest BCUT2D eigenvalue weighted by Gasteiger charge is 2.27. The Bertz CT molecular complexity index is 326. The Balaban J connectivity index is 4.69. The minimum Gasteiger partial charge on any atom is -0.481 e. The predicted octanol–water partition coefficient (Wildman–Crippen LogP) is 0.368. The van der Waals surface area contributed by atoms with Crippen molar-refractivity contribution in [2.24, 2.45) is 0 Å². The molecule has 0 saturated heterocycles. The van der Waals surface area contributed by atoms with Gasteiger partial charge in [-0.1, -0.05) is 6.92 Å². The van der Waals surface area contributed by atoms with Gasteiger partial charge in [0.15, 0.2) is 0 Å². The first kappa shape index (κ1) is 15.3. The quantitative estimate of drug-likeness (QED) is 0.710. The van der Waals surface area contributed by atoms with Gasteiger partial charge in [0, 0.05) is 26.2 Å². The summed E-state index contributed by atoms with van der Waals surface area (Å²) in [4.78, 5) is 10.4. The van der Waals surface area contributed by atoms with Crippen molar-refractivity contribution < 1.29 is 18.3 Å². The molecule has 0 bridgehead atoms. The summed E-state index contributed by atoms with van der Waals surface area (Å²) in [6.07, 6.45) is -0.189. The van der Waals surface area contributed by atoms with Crippen LogP contribution in [0, 0.1) is 0 Å². The van der Waals surface area contributed by atoms with Crippen LogP contribution < -0.4 is 0 Å². The van der Waals surface area contributed by atoms with Gasteiger partial charge in [-0.05, 0) is 13.8 Å². The van der Waals surface area contributed by atoms with Crippen molar-refractivity contribution in [2.75, 3.05) is 20.1 Å². The number of hydrogen-bond acceptors (Lipinski definition) is 3. The molecule has 0 rings (SSSR count). The van der Waals surface area contributed by atoms with Gasteiger partial charge in [0.25, 0.3) is 10.2 Å². The van der Waals surface area contributed by atoms with E-state index in [1.807, 2.05) is 0 Å². The number of nitrogens with zero attached hydrogens (tertiary/aromatic N) is 2. The van der Waals surface area contributed by atoms with E-state index in [0.29, 0.717) is 6.54 Å². The standard InChI is InChI=1S/C9H20N2O4S/c1-5-11(8(2)3)16(14,15)10(4)7-6-9(12)13/h8H,5-7H2,1-4H3,(H,12,13). The molecule has 0 aliphatic rings. The minimum absolute atomic E-state index is 0.0130. The maximum Gasteiger partial charge on any atom is 0.304 e.